The van der Waals surface area contributed by atoms with E-state index in [-0.39, 0.29) is 11.7 Å². The lowest BCUT2D eigenvalue weighted by Crippen LogP contribution is -2.20. The SMILES string of the molecule is OC(c1c(F)cccc1Cl)C1CC2CCC1C2. The van der Waals surface area contributed by atoms with Crippen molar-refractivity contribution in [2.45, 2.75) is 31.8 Å². The number of benzene rings is 1. The summed E-state index contributed by atoms with van der Waals surface area (Å²) in [7, 11) is 0. The fraction of sp³-hybridized carbons (Fsp3) is 0.571. The maximum Gasteiger partial charge on any atom is 0.130 e. The van der Waals surface area contributed by atoms with Crippen LogP contribution in [0.1, 0.15) is 37.4 Å². The molecule has 4 unspecified atom stereocenters. The van der Waals surface area contributed by atoms with Crippen molar-refractivity contribution in [3.05, 3.63) is 34.6 Å². The second-order valence-electron chi connectivity index (χ2n) is 5.42. The highest BCUT2D eigenvalue weighted by atomic mass is 35.5. The van der Waals surface area contributed by atoms with Gasteiger partial charge in [-0.3, -0.25) is 0 Å². The Hall–Kier alpha value is -0.600. The minimum Gasteiger partial charge on any atom is -0.388 e. The lowest BCUT2D eigenvalue weighted by atomic mass is 9.82. The largest absolute Gasteiger partial charge is 0.388 e. The summed E-state index contributed by atoms with van der Waals surface area (Å²) >= 11 is 6.00. The standard InChI is InChI=1S/C14H16ClFO/c15-11-2-1-3-12(16)13(11)14(17)10-7-8-4-5-9(10)6-8/h1-3,8-10,14,17H,4-7H2. The first-order valence-corrected chi connectivity index (χ1v) is 6.66. The zero-order valence-corrected chi connectivity index (χ0v) is 10.3. The van der Waals surface area contributed by atoms with Crippen LogP contribution in [0.5, 0.6) is 0 Å². The van der Waals surface area contributed by atoms with E-state index in [4.69, 9.17) is 11.6 Å². The summed E-state index contributed by atoms with van der Waals surface area (Å²) in [6.45, 7) is 0. The van der Waals surface area contributed by atoms with Crippen LogP contribution >= 0.6 is 11.6 Å². The van der Waals surface area contributed by atoms with Gasteiger partial charge in [-0.2, -0.15) is 0 Å². The Morgan fingerprint density at radius 1 is 1.29 bits per heavy atom. The smallest absolute Gasteiger partial charge is 0.130 e. The van der Waals surface area contributed by atoms with E-state index in [0.717, 1.165) is 12.3 Å². The van der Waals surface area contributed by atoms with Crippen LogP contribution in [-0.2, 0) is 0 Å². The Labute approximate surface area is 106 Å². The van der Waals surface area contributed by atoms with Crippen LogP contribution in [0.3, 0.4) is 0 Å². The Morgan fingerprint density at radius 2 is 2.12 bits per heavy atom. The number of fused-ring (bicyclic) bond motifs is 2. The van der Waals surface area contributed by atoms with Gasteiger partial charge in [0.2, 0.25) is 0 Å². The molecule has 1 N–H and O–H groups in total. The molecule has 0 aliphatic heterocycles. The normalized spacial score (nSPS) is 33.0. The van der Waals surface area contributed by atoms with Gasteiger partial charge in [0, 0.05) is 10.6 Å². The van der Waals surface area contributed by atoms with Crippen LogP contribution in [-0.4, -0.2) is 5.11 Å². The molecule has 3 heteroatoms. The average Bonchev–Trinajstić information content (AvgIpc) is 2.90. The highest BCUT2D eigenvalue weighted by Gasteiger charge is 2.43. The molecule has 3 rings (SSSR count). The van der Waals surface area contributed by atoms with E-state index < -0.39 is 6.10 Å². The molecule has 0 spiro atoms. The summed E-state index contributed by atoms with van der Waals surface area (Å²) in [5.74, 6) is 1.12. The zero-order valence-electron chi connectivity index (χ0n) is 9.57. The van der Waals surface area contributed by atoms with Gasteiger partial charge in [-0.15, -0.1) is 0 Å². The number of halogens is 2. The molecule has 1 aromatic carbocycles. The van der Waals surface area contributed by atoms with E-state index in [0.29, 0.717) is 16.5 Å². The van der Waals surface area contributed by atoms with E-state index in [9.17, 15) is 9.50 Å². The molecule has 2 bridgehead atoms. The fourth-order valence-electron chi connectivity index (χ4n) is 3.69. The van der Waals surface area contributed by atoms with Crippen LogP contribution in [0.15, 0.2) is 18.2 Å². The second kappa shape index (κ2) is 4.25. The van der Waals surface area contributed by atoms with Crippen LogP contribution in [0.25, 0.3) is 0 Å². The summed E-state index contributed by atoms with van der Waals surface area (Å²) in [5.41, 5.74) is 0.298. The Kier molecular flexibility index (Phi) is 2.87. The topological polar surface area (TPSA) is 20.2 Å². The van der Waals surface area contributed by atoms with Crippen molar-refractivity contribution >= 4 is 11.6 Å². The van der Waals surface area contributed by atoms with Crippen LogP contribution in [0.4, 0.5) is 4.39 Å². The van der Waals surface area contributed by atoms with E-state index in [1.54, 1.807) is 12.1 Å². The third-order valence-corrected chi connectivity index (χ3v) is 4.82. The number of hydrogen-bond donors (Lipinski definition) is 1. The van der Waals surface area contributed by atoms with Gasteiger partial charge in [-0.25, -0.2) is 4.39 Å². The highest BCUT2D eigenvalue weighted by molar-refractivity contribution is 6.31. The minimum atomic E-state index is -0.737. The molecular formula is C14H16ClFO. The molecule has 0 radical (unpaired) electrons. The third kappa shape index (κ3) is 1.88. The maximum absolute atomic E-state index is 13.8. The Balaban J connectivity index is 1.89. The van der Waals surface area contributed by atoms with E-state index in [1.807, 2.05) is 0 Å². The van der Waals surface area contributed by atoms with Crippen molar-refractivity contribution in [3.8, 4) is 0 Å². The predicted octanol–water partition coefficient (Wildman–Crippen LogP) is 3.95. The van der Waals surface area contributed by atoms with E-state index in [1.165, 1.54) is 25.3 Å². The van der Waals surface area contributed by atoms with Crippen LogP contribution < -0.4 is 0 Å². The summed E-state index contributed by atoms with van der Waals surface area (Å²) in [4.78, 5) is 0. The van der Waals surface area contributed by atoms with Crippen molar-refractivity contribution in [3.63, 3.8) is 0 Å². The van der Waals surface area contributed by atoms with Crippen molar-refractivity contribution in [1.82, 2.24) is 0 Å². The molecule has 0 aromatic heterocycles. The van der Waals surface area contributed by atoms with Crippen molar-refractivity contribution in [2.75, 3.05) is 0 Å². The number of hydrogen-bond acceptors (Lipinski definition) is 1. The Bertz CT molecular complexity index is 414. The molecule has 2 aliphatic rings. The van der Waals surface area contributed by atoms with Gasteiger partial charge >= 0.3 is 0 Å². The average molecular weight is 255 g/mol. The van der Waals surface area contributed by atoms with E-state index in [2.05, 4.69) is 0 Å². The van der Waals surface area contributed by atoms with Crippen LogP contribution in [0.2, 0.25) is 5.02 Å². The number of rotatable bonds is 2. The van der Waals surface area contributed by atoms with Gasteiger partial charge in [-0.05, 0) is 49.1 Å². The monoisotopic (exact) mass is 254 g/mol. The molecule has 2 aliphatic carbocycles. The molecule has 0 amide bonds. The first kappa shape index (κ1) is 11.5. The first-order valence-electron chi connectivity index (χ1n) is 6.29. The van der Waals surface area contributed by atoms with Crippen molar-refractivity contribution < 1.29 is 9.50 Å². The second-order valence-corrected chi connectivity index (χ2v) is 5.83. The van der Waals surface area contributed by atoms with Crippen molar-refractivity contribution in [1.29, 1.82) is 0 Å². The minimum absolute atomic E-state index is 0.197. The molecule has 4 atom stereocenters. The Morgan fingerprint density at radius 3 is 2.71 bits per heavy atom. The number of aliphatic hydroxyl groups is 1. The first-order chi connectivity index (χ1) is 8.16. The molecule has 1 nitrogen and oxygen atoms in total. The maximum atomic E-state index is 13.8. The van der Waals surface area contributed by atoms with Gasteiger partial charge in [0.1, 0.15) is 5.82 Å². The lowest BCUT2D eigenvalue weighted by Gasteiger charge is -2.27. The fourth-order valence-corrected chi connectivity index (χ4v) is 3.96. The molecule has 17 heavy (non-hydrogen) atoms. The molecule has 2 saturated carbocycles. The van der Waals surface area contributed by atoms with Crippen molar-refractivity contribution in [2.24, 2.45) is 17.8 Å². The van der Waals surface area contributed by atoms with Gasteiger partial charge in [0.15, 0.2) is 0 Å². The molecule has 0 saturated heterocycles. The number of aliphatic hydroxyl groups excluding tert-OH is 1. The molecular weight excluding hydrogens is 239 g/mol. The summed E-state index contributed by atoms with van der Waals surface area (Å²) < 4.78 is 13.8. The van der Waals surface area contributed by atoms with Crippen LogP contribution in [0, 0.1) is 23.6 Å². The quantitative estimate of drug-likeness (QED) is 0.847. The highest BCUT2D eigenvalue weighted by Crippen LogP contribution is 2.53. The van der Waals surface area contributed by atoms with Gasteiger partial charge < -0.3 is 5.11 Å². The van der Waals surface area contributed by atoms with Gasteiger partial charge in [-0.1, -0.05) is 24.1 Å². The molecule has 2 fully saturated rings. The predicted molar refractivity (Wildman–Crippen MR) is 65.3 cm³/mol. The summed E-state index contributed by atoms with van der Waals surface area (Å²) in [6.07, 6.45) is 3.95. The van der Waals surface area contributed by atoms with Gasteiger partial charge in [0.05, 0.1) is 6.10 Å². The molecule has 1 aromatic rings. The molecule has 0 heterocycles. The summed E-state index contributed by atoms with van der Waals surface area (Å²) in [5, 5.41) is 10.7. The molecule has 92 valence electrons. The zero-order chi connectivity index (χ0) is 12.0. The lowest BCUT2D eigenvalue weighted by molar-refractivity contribution is 0.0715. The summed E-state index contributed by atoms with van der Waals surface area (Å²) in [6, 6.07) is 4.60. The van der Waals surface area contributed by atoms with E-state index >= 15 is 0 Å². The third-order valence-electron chi connectivity index (χ3n) is 4.49. The van der Waals surface area contributed by atoms with Gasteiger partial charge in [0.25, 0.3) is 0 Å².